The van der Waals surface area contributed by atoms with E-state index in [2.05, 4.69) is 65.6 Å². The van der Waals surface area contributed by atoms with Gasteiger partial charge in [0.1, 0.15) is 0 Å². The van der Waals surface area contributed by atoms with Crippen molar-refractivity contribution in [1.29, 1.82) is 0 Å². The standard InChI is InChI=1S/C34H21NO2Se/c36-33-28-19-17-23-10-5-7-15-27(23)32(28)34(37)29(33)21-25-18-20-31(38-25)35(24-12-2-1-3-13-24)30-16-8-11-22-9-4-6-14-26(22)30/h1-21H/b29-21-. The van der Waals surface area contributed by atoms with Gasteiger partial charge in [0, 0.05) is 0 Å². The van der Waals surface area contributed by atoms with Crippen LogP contribution in [0.3, 0.4) is 0 Å². The molecular formula is C34H21NO2Se. The Morgan fingerprint density at radius 3 is 2.08 bits per heavy atom. The van der Waals surface area contributed by atoms with Crippen LogP contribution in [0.1, 0.15) is 25.2 Å². The average Bonchev–Trinajstić information content (AvgIpc) is 3.52. The third-order valence-corrected chi connectivity index (χ3v) is 9.17. The van der Waals surface area contributed by atoms with Crippen molar-refractivity contribution in [3.8, 4) is 0 Å². The molecule has 38 heavy (non-hydrogen) atoms. The first-order valence-corrected chi connectivity index (χ1v) is 14.2. The van der Waals surface area contributed by atoms with Crippen molar-refractivity contribution in [2.75, 3.05) is 4.90 Å². The molecule has 1 aliphatic carbocycles. The summed E-state index contributed by atoms with van der Waals surface area (Å²) in [6.45, 7) is 0. The fourth-order valence-corrected chi connectivity index (χ4v) is 7.33. The Morgan fingerprint density at radius 1 is 0.579 bits per heavy atom. The molecule has 1 aromatic heterocycles. The summed E-state index contributed by atoms with van der Waals surface area (Å²) >= 11 is -0.100. The maximum absolute atomic E-state index is 13.5. The van der Waals surface area contributed by atoms with Crippen LogP contribution in [0.4, 0.5) is 15.9 Å². The van der Waals surface area contributed by atoms with Crippen molar-refractivity contribution in [3.63, 3.8) is 0 Å². The predicted octanol–water partition coefficient (Wildman–Crippen LogP) is 7.98. The van der Waals surface area contributed by atoms with Crippen LogP contribution in [-0.4, -0.2) is 26.1 Å². The molecule has 180 valence electrons. The Labute approximate surface area is 226 Å². The summed E-state index contributed by atoms with van der Waals surface area (Å²) in [4.78, 5) is 29.1. The second kappa shape index (κ2) is 9.11. The van der Waals surface area contributed by atoms with Crippen LogP contribution in [0.5, 0.6) is 0 Å². The molecule has 7 rings (SSSR count). The number of anilines is 3. The first-order valence-electron chi connectivity index (χ1n) is 12.4. The summed E-state index contributed by atoms with van der Waals surface area (Å²) in [5.41, 5.74) is 3.47. The van der Waals surface area contributed by atoms with Crippen molar-refractivity contribution in [2.45, 2.75) is 0 Å². The number of para-hydroxylation sites is 1. The Bertz CT molecular complexity index is 1910. The van der Waals surface area contributed by atoms with Gasteiger partial charge in [-0.3, -0.25) is 0 Å². The Balaban J connectivity index is 1.33. The summed E-state index contributed by atoms with van der Waals surface area (Å²) in [6, 6.07) is 40.7. The van der Waals surface area contributed by atoms with Crippen LogP contribution < -0.4 is 4.90 Å². The molecule has 0 fully saturated rings. The first kappa shape index (κ1) is 22.7. The van der Waals surface area contributed by atoms with E-state index in [1.807, 2.05) is 60.7 Å². The number of rotatable bonds is 4. The molecule has 0 radical (unpaired) electrons. The molecule has 0 atom stereocenters. The number of ketones is 2. The molecule has 0 N–H and O–H groups in total. The number of carbonyl (C=O) groups excluding carboxylic acids is 2. The van der Waals surface area contributed by atoms with Gasteiger partial charge in [-0.15, -0.1) is 0 Å². The van der Waals surface area contributed by atoms with E-state index in [4.69, 9.17) is 0 Å². The van der Waals surface area contributed by atoms with Gasteiger partial charge >= 0.3 is 227 Å². The van der Waals surface area contributed by atoms with Gasteiger partial charge in [-0.1, -0.05) is 0 Å². The monoisotopic (exact) mass is 555 g/mol. The fourth-order valence-electron chi connectivity index (χ4n) is 5.27. The topological polar surface area (TPSA) is 37.4 Å². The normalized spacial score (nSPS) is 13.9. The molecular weight excluding hydrogens is 533 g/mol. The predicted molar refractivity (Wildman–Crippen MR) is 156 cm³/mol. The molecule has 3 nitrogen and oxygen atoms in total. The quantitative estimate of drug-likeness (QED) is 0.126. The zero-order chi connectivity index (χ0) is 25.6. The van der Waals surface area contributed by atoms with Crippen molar-refractivity contribution < 1.29 is 9.59 Å². The molecule has 5 aromatic carbocycles. The van der Waals surface area contributed by atoms with Gasteiger partial charge in [0.25, 0.3) is 0 Å². The van der Waals surface area contributed by atoms with Crippen LogP contribution in [0.2, 0.25) is 0 Å². The average molecular weight is 555 g/mol. The molecule has 4 heteroatoms. The van der Waals surface area contributed by atoms with Crippen molar-refractivity contribution in [1.82, 2.24) is 0 Å². The number of hydrogen-bond acceptors (Lipinski definition) is 3. The Morgan fingerprint density at radius 2 is 1.26 bits per heavy atom. The van der Waals surface area contributed by atoms with Gasteiger partial charge in [-0.05, 0) is 0 Å². The second-order valence-electron chi connectivity index (χ2n) is 9.27. The van der Waals surface area contributed by atoms with Gasteiger partial charge in [0.05, 0.1) is 0 Å². The van der Waals surface area contributed by atoms with E-state index < -0.39 is 0 Å². The van der Waals surface area contributed by atoms with E-state index in [1.165, 1.54) is 10.8 Å². The van der Waals surface area contributed by atoms with E-state index in [9.17, 15) is 9.59 Å². The molecule has 0 unspecified atom stereocenters. The van der Waals surface area contributed by atoms with Crippen LogP contribution in [0, 0.1) is 0 Å². The summed E-state index contributed by atoms with van der Waals surface area (Å²) < 4.78 is 2.15. The number of fused-ring (bicyclic) bond motifs is 4. The molecule has 0 aliphatic heterocycles. The molecule has 6 aromatic rings. The zero-order valence-electron chi connectivity index (χ0n) is 20.3. The molecule has 0 amide bonds. The number of benzene rings is 5. The van der Waals surface area contributed by atoms with E-state index in [1.54, 1.807) is 6.07 Å². The number of carbonyl (C=O) groups is 2. The van der Waals surface area contributed by atoms with Gasteiger partial charge in [-0.2, -0.15) is 0 Å². The van der Waals surface area contributed by atoms with E-state index in [-0.39, 0.29) is 31.6 Å². The molecule has 1 aliphatic rings. The molecule has 1 heterocycles. The SMILES string of the molecule is O=C1/C(=C/c2ccc(N(c3ccccc3)c3cccc4ccccc34)[se]2)C(=O)c2c1ccc1ccccc21. The number of allylic oxidation sites excluding steroid dienone is 1. The minimum absolute atomic E-state index is 0.100. The fraction of sp³-hybridized carbons (Fsp3) is 0. The molecule has 0 spiro atoms. The summed E-state index contributed by atoms with van der Waals surface area (Å²) in [5, 5.41) is 4.16. The molecule has 0 saturated heterocycles. The second-order valence-corrected chi connectivity index (χ2v) is 11.6. The van der Waals surface area contributed by atoms with Crippen molar-refractivity contribution >= 4 is 69.6 Å². The minimum atomic E-state index is -0.185. The number of hydrogen-bond donors (Lipinski definition) is 0. The van der Waals surface area contributed by atoms with Crippen LogP contribution in [0.25, 0.3) is 27.6 Å². The first-order chi connectivity index (χ1) is 18.7. The summed E-state index contributed by atoms with van der Waals surface area (Å²) in [5.74, 6) is -0.365. The number of Topliss-reactive ketones (excluding diaryl/α,β-unsaturated/α-hetero) is 2. The van der Waals surface area contributed by atoms with Crippen LogP contribution in [0.15, 0.2) is 127 Å². The molecule has 0 saturated carbocycles. The summed E-state index contributed by atoms with van der Waals surface area (Å²) in [7, 11) is 0. The van der Waals surface area contributed by atoms with E-state index >= 15 is 0 Å². The van der Waals surface area contributed by atoms with Gasteiger partial charge in [-0.25, -0.2) is 0 Å². The third-order valence-electron chi connectivity index (χ3n) is 7.03. The Kier molecular flexibility index (Phi) is 5.44. The zero-order valence-corrected chi connectivity index (χ0v) is 22.0. The van der Waals surface area contributed by atoms with Crippen molar-refractivity contribution in [2.24, 2.45) is 0 Å². The van der Waals surface area contributed by atoms with Gasteiger partial charge in [0.2, 0.25) is 0 Å². The van der Waals surface area contributed by atoms with Crippen LogP contribution in [-0.2, 0) is 0 Å². The van der Waals surface area contributed by atoms with Gasteiger partial charge in [0.15, 0.2) is 0 Å². The number of nitrogens with zero attached hydrogens (tertiary/aromatic N) is 1. The Hall–Kier alpha value is -4.50. The van der Waals surface area contributed by atoms with Gasteiger partial charge < -0.3 is 0 Å². The van der Waals surface area contributed by atoms with E-state index in [0.717, 1.165) is 31.1 Å². The van der Waals surface area contributed by atoms with Crippen molar-refractivity contribution in [3.05, 3.63) is 142 Å². The molecule has 0 bridgehead atoms. The summed E-state index contributed by atoms with van der Waals surface area (Å²) in [6.07, 6.45) is 1.81. The van der Waals surface area contributed by atoms with E-state index in [0.29, 0.717) is 11.1 Å². The maximum atomic E-state index is 13.5. The van der Waals surface area contributed by atoms with Crippen LogP contribution >= 0.6 is 0 Å². The third kappa shape index (κ3) is 3.66.